The van der Waals surface area contributed by atoms with Gasteiger partial charge in [0.2, 0.25) is 0 Å². The van der Waals surface area contributed by atoms with Gasteiger partial charge in [0.15, 0.2) is 5.65 Å². The Morgan fingerprint density at radius 1 is 1.14 bits per heavy atom. The third-order valence-corrected chi connectivity index (χ3v) is 8.45. The van der Waals surface area contributed by atoms with Crippen molar-refractivity contribution in [2.75, 3.05) is 19.5 Å². The van der Waals surface area contributed by atoms with E-state index in [1.165, 1.54) is 7.11 Å². The average Bonchev–Trinajstić information content (AvgIpc) is 3.81. The fraction of sp³-hybridized carbons (Fsp3) is 0.355. The molecule has 13 nitrogen and oxygen atoms in total. The molecule has 5 heterocycles. The molecule has 0 radical (unpaired) electrons. The fourth-order valence-corrected chi connectivity index (χ4v) is 6.50. The van der Waals surface area contributed by atoms with Crippen LogP contribution in [0.5, 0.6) is 0 Å². The first-order valence-electron chi connectivity index (χ1n) is 14.6. The Morgan fingerprint density at radius 3 is 2.70 bits per heavy atom. The standard InChI is InChI=1S/C31H33N9O4/c1-16(2)40-23-9-6-17(10-18(23)12-35-40)24-25-27-22(14-33-29(25)36-26(24)19-13-34-38(4)15-19)28(32-3)37-30(41)39(27)20-7-8-21(11-20)44-31(42)43-5/h6,9-10,12-16,20-21,32H,7-8,11H2,1-5H3,(H,37,41)/t20-,21-/m1/s1. The molecular weight excluding hydrogens is 562 g/mol. The van der Waals surface area contributed by atoms with Crippen LogP contribution in [0.4, 0.5) is 10.6 Å². The molecular formula is C31H33N9O4. The molecule has 0 bridgehead atoms. The van der Waals surface area contributed by atoms with Crippen molar-refractivity contribution in [3.8, 4) is 22.4 Å². The number of aryl methyl sites for hydroxylation is 1. The first-order chi connectivity index (χ1) is 21.3. The van der Waals surface area contributed by atoms with Crippen LogP contribution in [0.1, 0.15) is 45.2 Å². The lowest BCUT2D eigenvalue weighted by atomic mass is 9.97. The van der Waals surface area contributed by atoms with E-state index in [2.05, 4.69) is 52.5 Å². The van der Waals surface area contributed by atoms with Crippen LogP contribution < -0.4 is 11.0 Å². The summed E-state index contributed by atoms with van der Waals surface area (Å²) in [5, 5.41) is 14.7. The molecule has 5 aromatic heterocycles. The number of H-pyrrole nitrogens is 1. The van der Waals surface area contributed by atoms with Crippen LogP contribution in [0, 0.1) is 0 Å². The molecule has 44 heavy (non-hydrogen) atoms. The Labute approximate surface area is 251 Å². The number of carbonyl (C=O) groups excluding carboxylic acids is 1. The van der Waals surface area contributed by atoms with E-state index in [1.54, 1.807) is 28.7 Å². The quantitative estimate of drug-likeness (QED) is 0.248. The van der Waals surface area contributed by atoms with E-state index < -0.39 is 6.16 Å². The van der Waals surface area contributed by atoms with Crippen molar-refractivity contribution in [2.24, 2.45) is 7.05 Å². The maximum absolute atomic E-state index is 13.9. The molecule has 7 rings (SSSR count). The van der Waals surface area contributed by atoms with Crippen LogP contribution in [-0.4, -0.2) is 65.5 Å². The third kappa shape index (κ3) is 4.38. The second-order valence-electron chi connectivity index (χ2n) is 11.5. The highest BCUT2D eigenvalue weighted by atomic mass is 16.7. The van der Waals surface area contributed by atoms with Crippen LogP contribution in [0.3, 0.4) is 0 Å². The van der Waals surface area contributed by atoms with Gasteiger partial charge < -0.3 is 14.8 Å². The zero-order valence-electron chi connectivity index (χ0n) is 25.2. The lowest BCUT2D eigenvalue weighted by molar-refractivity contribution is 0.0383. The lowest BCUT2D eigenvalue weighted by Crippen LogP contribution is -2.28. The van der Waals surface area contributed by atoms with E-state index in [9.17, 15) is 9.59 Å². The van der Waals surface area contributed by atoms with Gasteiger partial charge in [-0.25, -0.2) is 19.6 Å². The van der Waals surface area contributed by atoms with Gasteiger partial charge in [-0.1, -0.05) is 6.07 Å². The van der Waals surface area contributed by atoms with E-state index in [0.717, 1.165) is 44.1 Å². The average molecular weight is 596 g/mol. The molecule has 2 atom stereocenters. The maximum atomic E-state index is 13.9. The van der Waals surface area contributed by atoms with Gasteiger partial charge >= 0.3 is 11.8 Å². The third-order valence-electron chi connectivity index (χ3n) is 8.45. The number of pyridine rings is 1. The molecule has 6 aromatic rings. The highest BCUT2D eigenvalue weighted by molar-refractivity contribution is 6.16. The second kappa shape index (κ2) is 10.5. The van der Waals surface area contributed by atoms with Gasteiger partial charge in [0.05, 0.1) is 47.0 Å². The Morgan fingerprint density at radius 2 is 1.98 bits per heavy atom. The summed E-state index contributed by atoms with van der Waals surface area (Å²) in [6.45, 7) is 4.21. The van der Waals surface area contributed by atoms with E-state index in [-0.39, 0.29) is 23.9 Å². The monoisotopic (exact) mass is 595 g/mol. The number of nitrogens with one attached hydrogen (secondary N) is 2. The van der Waals surface area contributed by atoms with Crippen molar-refractivity contribution in [3.63, 3.8) is 0 Å². The SMILES string of the molecule is CNc1[nH]c(=O)n([C@@H]2CC[C@@H](OC(=O)OC)C2)c2c1cnc1nc(-c3cnn(C)c3)c(-c3ccc4c(cnn4C(C)C)c3)c12. The smallest absolute Gasteiger partial charge is 0.438 e. The normalized spacial score (nSPS) is 16.9. The summed E-state index contributed by atoms with van der Waals surface area (Å²) >= 11 is 0. The number of carbonyl (C=O) groups is 1. The first kappa shape index (κ1) is 27.6. The number of hydrogen-bond donors (Lipinski definition) is 2. The van der Waals surface area contributed by atoms with Gasteiger partial charge in [-0.05, 0) is 44.4 Å². The van der Waals surface area contributed by atoms with Gasteiger partial charge in [-0.15, -0.1) is 0 Å². The van der Waals surface area contributed by atoms with Crippen LogP contribution in [0.2, 0.25) is 0 Å². The van der Waals surface area contributed by atoms with Crippen molar-refractivity contribution in [3.05, 3.63) is 53.5 Å². The number of fused-ring (bicyclic) bond motifs is 4. The Bertz CT molecular complexity index is 2120. The number of ether oxygens (including phenoxy) is 2. The van der Waals surface area contributed by atoms with E-state index in [0.29, 0.717) is 36.2 Å². The lowest BCUT2D eigenvalue weighted by Gasteiger charge is -2.20. The van der Waals surface area contributed by atoms with Gasteiger partial charge in [0.1, 0.15) is 11.9 Å². The van der Waals surface area contributed by atoms with E-state index in [1.807, 2.05) is 24.1 Å². The van der Waals surface area contributed by atoms with Crippen molar-refractivity contribution in [1.82, 2.24) is 39.1 Å². The molecule has 1 saturated carbocycles. The summed E-state index contributed by atoms with van der Waals surface area (Å²) < 4.78 is 15.7. The second-order valence-corrected chi connectivity index (χ2v) is 11.5. The summed E-state index contributed by atoms with van der Waals surface area (Å²) in [4.78, 5) is 38.6. The predicted molar refractivity (Wildman–Crippen MR) is 167 cm³/mol. The minimum Gasteiger partial charge on any atom is -0.438 e. The van der Waals surface area contributed by atoms with Gasteiger partial charge in [0.25, 0.3) is 0 Å². The molecule has 1 aliphatic rings. The fourth-order valence-electron chi connectivity index (χ4n) is 6.50. The summed E-state index contributed by atoms with van der Waals surface area (Å²) in [5.74, 6) is 0.555. The molecule has 0 aliphatic heterocycles. The predicted octanol–water partition coefficient (Wildman–Crippen LogP) is 5.19. The van der Waals surface area contributed by atoms with Crippen LogP contribution in [-0.2, 0) is 16.5 Å². The number of aromatic amines is 1. The zero-order valence-corrected chi connectivity index (χ0v) is 25.2. The minimum absolute atomic E-state index is 0.211. The number of hydrogen-bond acceptors (Lipinski definition) is 9. The van der Waals surface area contributed by atoms with Gasteiger partial charge in [0, 0.05) is 61.5 Å². The molecule has 1 aromatic carbocycles. The number of anilines is 1. The molecule has 226 valence electrons. The Hall–Kier alpha value is -5.20. The maximum Gasteiger partial charge on any atom is 0.508 e. The largest absolute Gasteiger partial charge is 0.508 e. The van der Waals surface area contributed by atoms with Gasteiger partial charge in [-0.2, -0.15) is 10.2 Å². The zero-order chi connectivity index (χ0) is 30.7. The highest BCUT2D eigenvalue weighted by Crippen LogP contribution is 2.44. The van der Waals surface area contributed by atoms with Crippen molar-refractivity contribution in [2.45, 2.75) is 51.3 Å². The van der Waals surface area contributed by atoms with Crippen molar-refractivity contribution >= 4 is 44.8 Å². The first-order valence-corrected chi connectivity index (χ1v) is 14.6. The topological polar surface area (TPSA) is 147 Å². The highest BCUT2D eigenvalue weighted by Gasteiger charge is 2.33. The van der Waals surface area contributed by atoms with E-state index >= 15 is 0 Å². The van der Waals surface area contributed by atoms with Crippen molar-refractivity contribution < 1.29 is 14.3 Å². The number of rotatable bonds is 6. The molecule has 0 spiro atoms. The number of nitrogens with zero attached hydrogens (tertiary/aromatic N) is 7. The van der Waals surface area contributed by atoms with Crippen LogP contribution in [0.15, 0.2) is 47.8 Å². The number of methoxy groups -OCH3 is 1. The molecule has 2 N–H and O–H groups in total. The summed E-state index contributed by atoms with van der Waals surface area (Å²) in [6, 6.07) is 6.24. The molecule has 0 unspecified atom stereocenters. The molecule has 0 saturated heterocycles. The summed E-state index contributed by atoms with van der Waals surface area (Å²) in [5.41, 5.74) is 5.32. The van der Waals surface area contributed by atoms with Crippen molar-refractivity contribution in [1.29, 1.82) is 0 Å². The van der Waals surface area contributed by atoms with Crippen LogP contribution >= 0.6 is 0 Å². The minimum atomic E-state index is -0.726. The summed E-state index contributed by atoms with van der Waals surface area (Å²) in [6.07, 6.45) is 7.97. The van der Waals surface area contributed by atoms with Crippen LogP contribution in [0.25, 0.3) is 55.2 Å². The number of benzene rings is 1. The number of aromatic nitrogens is 8. The Balaban J connectivity index is 1.54. The Kier molecular flexibility index (Phi) is 6.60. The summed E-state index contributed by atoms with van der Waals surface area (Å²) in [7, 11) is 4.92. The van der Waals surface area contributed by atoms with E-state index in [4.69, 9.17) is 19.4 Å². The molecule has 13 heteroatoms. The molecule has 1 aliphatic carbocycles. The van der Waals surface area contributed by atoms with Gasteiger partial charge in [-0.3, -0.25) is 18.9 Å². The molecule has 1 fully saturated rings. The molecule has 0 amide bonds.